The molecule has 0 unspecified atom stereocenters. The third-order valence-electron chi connectivity index (χ3n) is 4.18. The molecule has 3 aromatic carbocycles. The zero-order valence-corrected chi connectivity index (χ0v) is 16.4. The molecule has 29 heavy (non-hydrogen) atoms. The molecule has 0 bridgehead atoms. The summed E-state index contributed by atoms with van der Waals surface area (Å²) in [5, 5.41) is 0. The van der Waals surface area contributed by atoms with E-state index in [0.717, 1.165) is 23.3 Å². The highest BCUT2D eigenvalue weighted by Gasteiger charge is 2.31. The fraction of sp³-hybridized carbons (Fsp3) is 0.0455. The van der Waals surface area contributed by atoms with Crippen LogP contribution >= 0.6 is 15.9 Å². The van der Waals surface area contributed by atoms with Crippen LogP contribution in [0, 0.1) is 0 Å². The maximum absolute atomic E-state index is 13.3. The van der Waals surface area contributed by atoms with E-state index in [1.165, 1.54) is 0 Å². The molecule has 1 heterocycles. The lowest BCUT2D eigenvalue weighted by Gasteiger charge is -2.11. The van der Waals surface area contributed by atoms with Gasteiger partial charge in [-0.05, 0) is 18.2 Å². The Labute approximate surface area is 173 Å². The maximum atomic E-state index is 13.3. The predicted octanol–water partition coefficient (Wildman–Crippen LogP) is 6.65. The van der Waals surface area contributed by atoms with E-state index in [0.29, 0.717) is 16.1 Å². The normalized spacial score (nSPS) is 11.4. The molecular weight excluding hydrogens is 443 g/mol. The molecule has 0 spiro atoms. The Bertz CT molecular complexity index is 1090. The van der Waals surface area contributed by atoms with Gasteiger partial charge >= 0.3 is 6.18 Å². The van der Waals surface area contributed by atoms with Crippen LogP contribution in [-0.2, 0) is 6.18 Å². The first kappa shape index (κ1) is 19.3. The van der Waals surface area contributed by atoms with Crippen LogP contribution in [-0.4, -0.2) is 15.0 Å². The highest BCUT2D eigenvalue weighted by atomic mass is 79.9. The average molecular weight is 456 g/mol. The minimum absolute atomic E-state index is 0.171. The molecule has 0 amide bonds. The van der Waals surface area contributed by atoms with Crippen molar-refractivity contribution in [1.29, 1.82) is 0 Å². The SMILES string of the molecule is FC(F)(F)c1cc(Br)cc(-c2nc(-c3ccccc3)nc(-c3ccccc3)n2)c1. The van der Waals surface area contributed by atoms with Crippen molar-refractivity contribution in [3.05, 3.63) is 88.9 Å². The van der Waals surface area contributed by atoms with Crippen LogP contribution in [0.15, 0.2) is 83.3 Å². The molecule has 3 nitrogen and oxygen atoms in total. The minimum Gasteiger partial charge on any atom is -0.208 e. The summed E-state index contributed by atoms with van der Waals surface area (Å²) < 4.78 is 40.1. The summed E-state index contributed by atoms with van der Waals surface area (Å²) in [5.41, 5.74) is 0.979. The zero-order chi connectivity index (χ0) is 20.4. The number of hydrogen-bond acceptors (Lipinski definition) is 3. The van der Waals surface area contributed by atoms with Crippen molar-refractivity contribution in [2.24, 2.45) is 0 Å². The van der Waals surface area contributed by atoms with E-state index in [1.54, 1.807) is 6.07 Å². The first-order chi connectivity index (χ1) is 13.9. The van der Waals surface area contributed by atoms with E-state index in [9.17, 15) is 13.2 Å². The predicted molar refractivity (Wildman–Crippen MR) is 109 cm³/mol. The maximum Gasteiger partial charge on any atom is 0.416 e. The Morgan fingerprint density at radius 3 is 1.48 bits per heavy atom. The molecule has 0 aliphatic rings. The van der Waals surface area contributed by atoms with Gasteiger partial charge in [-0.2, -0.15) is 13.2 Å². The van der Waals surface area contributed by atoms with Crippen molar-refractivity contribution in [2.45, 2.75) is 6.18 Å². The van der Waals surface area contributed by atoms with Crippen molar-refractivity contribution in [3.63, 3.8) is 0 Å². The Hall–Kier alpha value is -3.06. The van der Waals surface area contributed by atoms with E-state index >= 15 is 0 Å². The molecule has 1 aromatic heterocycles. The van der Waals surface area contributed by atoms with Gasteiger partial charge in [-0.1, -0.05) is 76.6 Å². The standard InChI is InChI=1S/C22H13BrF3N3/c23-18-12-16(11-17(13-18)22(24,25)26)21-28-19(14-7-3-1-4-8-14)27-20(29-21)15-9-5-2-6-10-15/h1-13H. The van der Waals surface area contributed by atoms with Crippen molar-refractivity contribution in [3.8, 4) is 34.2 Å². The van der Waals surface area contributed by atoms with Gasteiger partial charge in [0.15, 0.2) is 17.5 Å². The third kappa shape index (κ3) is 4.35. The summed E-state index contributed by atoms with van der Waals surface area (Å²) in [4.78, 5) is 13.4. The summed E-state index contributed by atoms with van der Waals surface area (Å²) in [7, 11) is 0. The van der Waals surface area contributed by atoms with Crippen LogP contribution in [0.4, 0.5) is 13.2 Å². The van der Waals surface area contributed by atoms with Crippen molar-refractivity contribution in [1.82, 2.24) is 15.0 Å². The minimum atomic E-state index is -4.48. The van der Waals surface area contributed by atoms with Gasteiger partial charge < -0.3 is 0 Å². The lowest BCUT2D eigenvalue weighted by atomic mass is 10.1. The fourth-order valence-electron chi connectivity index (χ4n) is 2.82. The molecule has 0 aliphatic heterocycles. The molecule has 0 N–H and O–H groups in total. The summed E-state index contributed by atoms with van der Waals surface area (Å²) >= 11 is 3.16. The Morgan fingerprint density at radius 1 is 0.586 bits per heavy atom. The topological polar surface area (TPSA) is 38.7 Å². The Kier molecular flexibility index (Phi) is 5.15. The van der Waals surface area contributed by atoms with E-state index < -0.39 is 11.7 Å². The Balaban J connectivity index is 1.93. The quantitative estimate of drug-likeness (QED) is 0.346. The highest BCUT2D eigenvalue weighted by molar-refractivity contribution is 9.10. The first-order valence-corrected chi connectivity index (χ1v) is 9.44. The van der Waals surface area contributed by atoms with Crippen LogP contribution in [0.5, 0.6) is 0 Å². The molecule has 0 aliphatic carbocycles. The number of alkyl halides is 3. The van der Waals surface area contributed by atoms with Gasteiger partial charge in [0.1, 0.15) is 0 Å². The van der Waals surface area contributed by atoms with Gasteiger partial charge in [0.05, 0.1) is 5.56 Å². The van der Waals surface area contributed by atoms with Crippen molar-refractivity contribution in [2.75, 3.05) is 0 Å². The van der Waals surface area contributed by atoms with Gasteiger partial charge in [0.2, 0.25) is 0 Å². The van der Waals surface area contributed by atoms with E-state index in [-0.39, 0.29) is 11.4 Å². The van der Waals surface area contributed by atoms with Gasteiger partial charge in [-0.3, -0.25) is 0 Å². The van der Waals surface area contributed by atoms with Gasteiger partial charge in [0, 0.05) is 21.2 Å². The summed E-state index contributed by atoms with van der Waals surface area (Å²) in [5.74, 6) is 0.954. The molecule has 0 saturated heterocycles. The van der Waals surface area contributed by atoms with Crippen LogP contribution < -0.4 is 0 Å². The Morgan fingerprint density at radius 2 is 1.03 bits per heavy atom. The van der Waals surface area contributed by atoms with Crippen molar-refractivity contribution < 1.29 is 13.2 Å². The number of nitrogens with zero attached hydrogens (tertiary/aromatic N) is 3. The van der Waals surface area contributed by atoms with E-state index in [4.69, 9.17) is 0 Å². The summed E-state index contributed by atoms with van der Waals surface area (Å²) in [6.07, 6.45) is -4.48. The molecule has 7 heteroatoms. The smallest absolute Gasteiger partial charge is 0.208 e. The number of halogens is 4. The van der Waals surface area contributed by atoms with Crippen LogP contribution in [0.1, 0.15) is 5.56 Å². The third-order valence-corrected chi connectivity index (χ3v) is 4.64. The number of hydrogen-bond donors (Lipinski definition) is 0. The van der Waals surface area contributed by atoms with Gasteiger partial charge in [0.25, 0.3) is 0 Å². The lowest BCUT2D eigenvalue weighted by molar-refractivity contribution is -0.137. The van der Waals surface area contributed by atoms with E-state index in [2.05, 4.69) is 30.9 Å². The monoisotopic (exact) mass is 455 g/mol. The number of aromatic nitrogens is 3. The molecule has 4 rings (SSSR count). The molecule has 144 valence electrons. The first-order valence-electron chi connectivity index (χ1n) is 8.65. The molecule has 0 radical (unpaired) electrons. The number of rotatable bonds is 3. The molecule has 0 atom stereocenters. The van der Waals surface area contributed by atoms with E-state index in [1.807, 2.05) is 60.7 Å². The fourth-order valence-corrected chi connectivity index (χ4v) is 3.31. The second kappa shape index (κ2) is 7.75. The molecule has 4 aromatic rings. The van der Waals surface area contributed by atoms with Crippen LogP contribution in [0.3, 0.4) is 0 Å². The molecule has 0 fully saturated rings. The average Bonchev–Trinajstić information content (AvgIpc) is 2.73. The largest absolute Gasteiger partial charge is 0.416 e. The van der Waals surface area contributed by atoms with Crippen molar-refractivity contribution >= 4 is 15.9 Å². The second-order valence-corrected chi connectivity index (χ2v) is 7.18. The van der Waals surface area contributed by atoms with Crippen LogP contribution in [0.2, 0.25) is 0 Å². The highest BCUT2D eigenvalue weighted by Crippen LogP contribution is 2.35. The van der Waals surface area contributed by atoms with Gasteiger partial charge in [-0.25, -0.2) is 15.0 Å². The molecular formula is C22H13BrF3N3. The summed E-state index contributed by atoms with van der Waals surface area (Å²) in [6.45, 7) is 0. The van der Waals surface area contributed by atoms with Crippen LogP contribution in [0.25, 0.3) is 34.2 Å². The van der Waals surface area contributed by atoms with Gasteiger partial charge in [-0.15, -0.1) is 0 Å². The molecule has 0 saturated carbocycles. The lowest BCUT2D eigenvalue weighted by Crippen LogP contribution is -2.06. The zero-order valence-electron chi connectivity index (χ0n) is 14.9. The summed E-state index contributed by atoms with van der Waals surface area (Å²) in [6, 6.07) is 22.1. The number of benzene rings is 3. The second-order valence-electron chi connectivity index (χ2n) is 6.26.